The molecule has 18 heavy (non-hydrogen) atoms. The summed E-state index contributed by atoms with van der Waals surface area (Å²) in [6, 6.07) is 4.44. The Hall–Kier alpha value is -0.610. The Labute approximate surface area is 121 Å². The van der Waals surface area contributed by atoms with Crippen LogP contribution in [0.15, 0.2) is 24.5 Å². The van der Waals surface area contributed by atoms with Crippen LogP contribution < -0.4 is 26.4 Å². The number of nitrogens with zero attached hydrogens (tertiary/aromatic N) is 2. The highest BCUT2D eigenvalue weighted by Gasteiger charge is 2.12. The van der Waals surface area contributed by atoms with Gasteiger partial charge in [0.25, 0.3) is 0 Å². The Kier molecular flexibility index (Phi) is 7.28. The molecule has 1 saturated heterocycles. The van der Waals surface area contributed by atoms with Crippen molar-refractivity contribution in [2.24, 2.45) is 0 Å². The van der Waals surface area contributed by atoms with E-state index in [4.69, 9.17) is 4.74 Å². The van der Waals surface area contributed by atoms with Gasteiger partial charge in [0.2, 0.25) is 0 Å². The van der Waals surface area contributed by atoms with Gasteiger partial charge in [0, 0.05) is 37.3 Å². The van der Waals surface area contributed by atoms with Gasteiger partial charge >= 0.3 is 0 Å². The van der Waals surface area contributed by atoms with Crippen molar-refractivity contribution >= 4 is 5.69 Å². The SMILES string of the molecule is CCCCC[n+]1ccc(N2CCOCC2)cc1.[Br-]. The van der Waals surface area contributed by atoms with Crippen molar-refractivity contribution in [1.82, 2.24) is 0 Å². The maximum absolute atomic E-state index is 5.36. The lowest BCUT2D eigenvalue weighted by Gasteiger charge is -2.28. The molecule has 0 bridgehead atoms. The highest BCUT2D eigenvalue weighted by atomic mass is 79.9. The van der Waals surface area contributed by atoms with Gasteiger partial charge in [-0.15, -0.1) is 0 Å². The van der Waals surface area contributed by atoms with Gasteiger partial charge in [-0.3, -0.25) is 0 Å². The molecule has 102 valence electrons. The Morgan fingerprint density at radius 2 is 1.83 bits per heavy atom. The molecular formula is C14H23BrN2O. The molecule has 0 amide bonds. The van der Waals surface area contributed by atoms with Crippen LogP contribution in [0.25, 0.3) is 0 Å². The van der Waals surface area contributed by atoms with Crippen LogP contribution >= 0.6 is 0 Å². The van der Waals surface area contributed by atoms with Gasteiger partial charge in [-0.2, -0.15) is 0 Å². The van der Waals surface area contributed by atoms with E-state index in [2.05, 4.69) is 40.9 Å². The molecule has 3 nitrogen and oxygen atoms in total. The third-order valence-corrected chi connectivity index (χ3v) is 3.27. The molecule has 1 fully saturated rings. The normalized spacial score (nSPS) is 15.3. The lowest BCUT2D eigenvalue weighted by atomic mass is 10.2. The molecule has 0 unspecified atom stereocenters. The summed E-state index contributed by atoms with van der Waals surface area (Å²) in [5.74, 6) is 0. The molecule has 0 spiro atoms. The number of anilines is 1. The van der Waals surface area contributed by atoms with Crippen LogP contribution in [0.3, 0.4) is 0 Å². The molecule has 1 aliphatic heterocycles. The van der Waals surface area contributed by atoms with Gasteiger partial charge in [0.05, 0.1) is 13.2 Å². The average molecular weight is 315 g/mol. The Morgan fingerprint density at radius 3 is 2.44 bits per heavy atom. The molecule has 4 heteroatoms. The van der Waals surface area contributed by atoms with E-state index in [1.54, 1.807) is 0 Å². The molecule has 0 aliphatic carbocycles. The number of aryl methyl sites for hydroxylation is 1. The first-order valence-electron chi connectivity index (χ1n) is 6.72. The Bertz CT molecular complexity index is 323. The van der Waals surface area contributed by atoms with Gasteiger partial charge < -0.3 is 26.6 Å². The smallest absolute Gasteiger partial charge is 0.170 e. The van der Waals surface area contributed by atoms with Crippen molar-refractivity contribution in [2.75, 3.05) is 31.2 Å². The molecule has 0 N–H and O–H groups in total. The number of morpholine rings is 1. The molecule has 1 aromatic heterocycles. The van der Waals surface area contributed by atoms with Gasteiger partial charge in [-0.05, 0) is 6.42 Å². The minimum atomic E-state index is 0. The number of pyridine rings is 1. The lowest BCUT2D eigenvalue weighted by molar-refractivity contribution is -0.697. The van der Waals surface area contributed by atoms with Crippen LogP contribution in [0.1, 0.15) is 26.2 Å². The number of halogens is 1. The molecule has 0 radical (unpaired) electrons. The minimum absolute atomic E-state index is 0. The number of unbranched alkanes of at least 4 members (excludes halogenated alkanes) is 2. The van der Waals surface area contributed by atoms with Gasteiger partial charge in [0.15, 0.2) is 12.4 Å². The van der Waals surface area contributed by atoms with Crippen molar-refractivity contribution in [1.29, 1.82) is 0 Å². The van der Waals surface area contributed by atoms with E-state index in [1.165, 1.54) is 24.9 Å². The second-order valence-electron chi connectivity index (χ2n) is 4.60. The van der Waals surface area contributed by atoms with Gasteiger partial charge in [0.1, 0.15) is 6.54 Å². The van der Waals surface area contributed by atoms with E-state index in [0.717, 1.165) is 32.8 Å². The third kappa shape index (κ3) is 4.58. The molecule has 2 rings (SSSR count). The van der Waals surface area contributed by atoms with Crippen molar-refractivity contribution < 1.29 is 26.3 Å². The number of rotatable bonds is 5. The van der Waals surface area contributed by atoms with E-state index in [9.17, 15) is 0 Å². The minimum Gasteiger partial charge on any atom is -1.00 e. The van der Waals surface area contributed by atoms with Crippen LogP contribution in [0, 0.1) is 0 Å². The van der Waals surface area contributed by atoms with E-state index >= 15 is 0 Å². The number of ether oxygens (including phenoxy) is 1. The number of hydrogen-bond acceptors (Lipinski definition) is 2. The highest BCUT2D eigenvalue weighted by Crippen LogP contribution is 2.12. The zero-order chi connectivity index (χ0) is 11.9. The van der Waals surface area contributed by atoms with Gasteiger partial charge in [-0.1, -0.05) is 13.3 Å². The Morgan fingerprint density at radius 1 is 1.17 bits per heavy atom. The van der Waals surface area contributed by atoms with Crippen molar-refractivity contribution in [3.63, 3.8) is 0 Å². The monoisotopic (exact) mass is 314 g/mol. The molecule has 0 aromatic carbocycles. The van der Waals surface area contributed by atoms with Crippen LogP contribution in [-0.2, 0) is 11.3 Å². The molecule has 0 atom stereocenters. The summed E-state index contributed by atoms with van der Waals surface area (Å²) in [5.41, 5.74) is 1.32. The summed E-state index contributed by atoms with van der Waals surface area (Å²) >= 11 is 0. The van der Waals surface area contributed by atoms with Crippen LogP contribution in [0.5, 0.6) is 0 Å². The van der Waals surface area contributed by atoms with E-state index < -0.39 is 0 Å². The topological polar surface area (TPSA) is 16.4 Å². The fourth-order valence-electron chi connectivity index (χ4n) is 2.18. The molecular weight excluding hydrogens is 292 g/mol. The predicted octanol–water partition coefficient (Wildman–Crippen LogP) is -0.995. The maximum atomic E-state index is 5.36. The summed E-state index contributed by atoms with van der Waals surface area (Å²) in [4.78, 5) is 2.39. The summed E-state index contributed by atoms with van der Waals surface area (Å²) in [7, 11) is 0. The maximum Gasteiger partial charge on any atom is 0.170 e. The first-order valence-corrected chi connectivity index (χ1v) is 6.72. The number of hydrogen-bond donors (Lipinski definition) is 0. The lowest BCUT2D eigenvalue weighted by Crippen LogP contribution is -3.00. The fourth-order valence-corrected chi connectivity index (χ4v) is 2.18. The molecule has 0 saturated carbocycles. The standard InChI is InChI=1S/C14H23N2O.BrH/c1-2-3-4-7-15-8-5-14(6-9-15)16-10-12-17-13-11-16;/h5-6,8-9H,2-4,7,10-13H2,1H3;1H/q+1;/p-1. The van der Waals surface area contributed by atoms with Crippen molar-refractivity contribution in [3.05, 3.63) is 24.5 Å². The first kappa shape index (κ1) is 15.4. The summed E-state index contributed by atoms with van der Waals surface area (Å²) in [6.07, 6.45) is 8.27. The second-order valence-corrected chi connectivity index (χ2v) is 4.60. The zero-order valence-corrected chi connectivity index (χ0v) is 12.7. The van der Waals surface area contributed by atoms with Crippen molar-refractivity contribution in [3.8, 4) is 0 Å². The fraction of sp³-hybridized carbons (Fsp3) is 0.643. The molecule has 1 aliphatic rings. The quantitative estimate of drug-likeness (QED) is 0.512. The average Bonchev–Trinajstić information content (AvgIpc) is 2.41. The first-order chi connectivity index (χ1) is 8.40. The summed E-state index contributed by atoms with van der Waals surface area (Å²) in [6.45, 7) is 7.11. The zero-order valence-electron chi connectivity index (χ0n) is 11.1. The predicted molar refractivity (Wildman–Crippen MR) is 69.2 cm³/mol. The van der Waals surface area contributed by atoms with E-state index in [1.807, 2.05) is 0 Å². The van der Waals surface area contributed by atoms with Crippen LogP contribution in [0.2, 0.25) is 0 Å². The summed E-state index contributed by atoms with van der Waals surface area (Å²) in [5, 5.41) is 0. The number of aromatic nitrogens is 1. The van der Waals surface area contributed by atoms with Crippen LogP contribution in [-0.4, -0.2) is 26.3 Å². The third-order valence-electron chi connectivity index (χ3n) is 3.27. The van der Waals surface area contributed by atoms with E-state index in [-0.39, 0.29) is 17.0 Å². The second kappa shape index (κ2) is 8.48. The largest absolute Gasteiger partial charge is 1.00 e. The van der Waals surface area contributed by atoms with Gasteiger partial charge in [-0.25, -0.2) is 4.57 Å². The van der Waals surface area contributed by atoms with E-state index in [0.29, 0.717) is 0 Å². The van der Waals surface area contributed by atoms with Crippen LogP contribution in [0.4, 0.5) is 5.69 Å². The molecule has 1 aromatic rings. The van der Waals surface area contributed by atoms with Crippen molar-refractivity contribution in [2.45, 2.75) is 32.7 Å². The summed E-state index contributed by atoms with van der Waals surface area (Å²) < 4.78 is 7.64. The Balaban J connectivity index is 0.00000162. The highest BCUT2D eigenvalue weighted by molar-refractivity contribution is 5.43. The molecule has 2 heterocycles.